The van der Waals surface area contributed by atoms with Crippen LogP contribution >= 0.6 is 0 Å². The smallest absolute Gasteiger partial charge is 0.268 e. The zero-order chi connectivity index (χ0) is 16.8. The Bertz CT molecular complexity index is 970. The highest BCUT2D eigenvalue weighted by molar-refractivity contribution is 6.08. The van der Waals surface area contributed by atoms with E-state index in [1.165, 1.54) is 0 Å². The van der Waals surface area contributed by atoms with Gasteiger partial charge in [-0.1, -0.05) is 12.1 Å². The van der Waals surface area contributed by atoms with Crippen LogP contribution in [0.4, 0.5) is 5.88 Å². The van der Waals surface area contributed by atoms with Gasteiger partial charge in [0.1, 0.15) is 5.69 Å². The van der Waals surface area contributed by atoms with Crippen LogP contribution in [-0.2, 0) is 0 Å². The fourth-order valence-electron chi connectivity index (χ4n) is 3.09. The van der Waals surface area contributed by atoms with Crippen molar-refractivity contribution >= 4 is 28.6 Å². The van der Waals surface area contributed by atoms with Gasteiger partial charge < -0.3 is 14.8 Å². The highest BCUT2D eigenvalue weighted by atomic mass is 16.5. The second-order valence-corrected chi connectivity index (χ2v) is 6.07. The lowest BCUT2D eigenvalue weighted by Crippen LogP contribution is -2.33. The van der Waals surface area contributed by atoms with Gasteiger partial charge in [-0.25, -0.2) is 0 Å². The summed E-state index contributed by atoms with van der Waals surface area (Å²) >= 11 is 0. The molecule has 1 aromatic carbocycles. The SMILES string of the molecule is Cc1cc(NC(=O)c2ccc3[nH]c4c(c3c2)C(C)CNC4=O)on1. The molecule has 0 radical (unpaired) electrons. The molecule has 2 amide bonds. The Kier molecular flexibility index (Phi) is 3.16. The third-order valence-electron chi connectivity index (χ3n) is 4.25. The maximum atomic E-state index is 12.4. The Morgan fingerprint density at radius 1 is 1.38 bits per heavy atom. The topological polar surface area (TPSA) is 100 Å². The van der Waals surface area contributed by atoms with Gasteiger partial charge in [0.2, 0.25) is 5.88 Å². The molecule has 7 heteroatoms. The van der Waals surface area contributed by atoms with Gasteiger partial charge in [0.15, 0.2) is 0 Å². The number of rotatable bonds is 2. The number of anilines is 1. The molecule has 122 valence electrons. The third kappa shape index (κ3) is 2.25. The number of nitrogens with one attached hydrogen (secondary N) is 3. The Hall–Kier alpha value is -3.09. The zero-order valence-electron chi connectivity index (χ0n) is 13.3. The maximum absolute atomic E-state index is 12.4. The highest BCUT2D eigenvalue weighted by Gasteiger charge is 2.27. The molecule has 1 aliphatic heterocycles. The van der Waals surface area contributed by atoms with Gasteiger partial charge in [-0.15, -0.1) is 0 Å². The van der Waals surface area contributed by atoms with E-state index in [1.807, 2.05) is 6.07 Å². The summed E-state index contributed by atoms with van der Waals surface area (Å²) in [6, 6.07) is 6.99. The van der Waals surface area contributed by atoms with Gasteiger partial charge in [-0.3, -0.25) is 14.9 Å². The molecule has 1 unspecified atom stereocenters. The van der Waals surface area contributed by atoms with Crippen LogP contribution in [0.5, 0.6) is 0 Å². The molecule has 7 nitrogen and oxygen atoms in total. The average molecular weight is 324 g/mol. The molecular formula is C17H16N4O3. The molecule has 0 saturated heterocycles. The fraction of sp³-hybridized carbons (Fsp3) is 0.235. The first-order valence-corrected chi connectivity index (χ1v) is 7.71. The van der Waals surface area contributed by atoms with Crippen molar-refractivity contribution in [3.05, 3.63) is 46.8 Å². The first kappa shape index (κ1) is 14.5. The minimum Gasteiger partial charge on any atom is -0.350 e. The second kappa shape index (κ2) is 5.23. The van der Waals surface area contributed by atoms with Crippen molar-refractivity contribution in [2.24, 2.45) is 0 Å². The van der Waals surface area contributed by atoms with Crippen LogP contribution in [-0.4, -0.2) is 28.5 Å². The molecule has 1 aliphatic rings. The number of hydrogen-bond donors (Lipinski definition) is 3. The monoisotopic (exact) mass is 324 g/mol. The number of carbonyl (C=O) groups is 2. The highest BCUT2D eigenvalue weighted by Crippen LogP contribution is 2.32. The van der Waals surface area contributed by atoms with E-state index >= 15 is 0 Å². The van der Waals surface area contributed by atoms with Crippen molar-refractivity contribution in [2.45, 2.75) is 19.8 Å². The van der Waals surface area contributed by atoms with Crippen molar-refractivity contribution in [3.63, 3.8) is 0 Å². The first-order valence-electron chi connectivity index (χ1n) is 7.71. The van der Waals surface area contributed by atoms with Crippen LogP contribution in [0.25, 0.3) is 10.9 Å². The lowest BCUT2D eigenvalue weighted by molar-refractivity contribution is 0.0936. The van der Waals surface area contributed by atoms with Gasteiger partial charge in [0.25, 0.3) is 11.8 Å². The Morgan fingerprint density at radius 3 is 2.96 bits per heavy atom. The van der Waals surface area contributed by atoms with E-state index in [0.29, 0.717) is 29.4 Å². The van der Waals surface area contributed by atoms with Crippen molar-refractivity contribution < 1.29 is 14.1 Å². The normalized spacial score (nSPS) is 16.8. The minimum absolute atomic E-state index is 0.109. The summed E-state index contributed by atoms with van der Waals surface area (Å²) < 4.78 is 5.01. The van der Waals surface area contributed by atoms with Crippen molar-refractivity contribution in [2.75, 3.05) is 11.9 Å². The second-order valence-electron chi connectivity index (χ2n) is 6.07. The number of H-pyrrole nitrogens is 1. The first-order chi connectivity index (χ1) is 11.5. The summed E-state index contributed by atoms with van der Waals surface area (Å²) in [7, 11) is 0. The Morgan fingerprint density at radius 2 is 2.21 bits per heavy atom. The van der Waals surface area contributed by atoms with Crippen molar-refractivity contribution in [3.8, 4) is 0 Å². The Balaban J connectivity index is 1.74. The average Bonchev–Trinajstić information content (AvgIpc) is 3.14. The minimum atomic E-state index is -0.282. The summed E-state index contributed by atoms with van der Waals surface area (Å²) in [6.07, 6.45) is 0. The van der Waals surface area contributed by atoms with Crippen LogP contribution in [0.1, 0.15) is 44.9 Å². The number of benzene rings is 1. The molecule has 2 aromatic heterocycles. The maximum Gasteiger partial charge on any atom is 0.268 e. The van der Waals surface area contributed by atoms with E-state index in [2.05, 4.69) is 27.7 Å². The fourth-order valence-corrected chi connectivity index (χ4v) is 3.09. The van der Waals surface area contributed by atoms with E-state index in [0.717, 1.165) is 16.5 Å². The summed E-state index contributed by atoms with van der Waals surface area (Å²) in [5.41, 5.74) is 3.57. The van der Waals surface area contributed by atoms with Crippen LogP contribution in [0, 0.1) is 6.92 Å². The van der Waals surface area contributed by atoms with Crippen LogP contribution in [0.15, 0.2) is 28.8 Å². The van der Waals surface area contributed by atoms with Crippen LogP contribution in [0.2, 0.25) is 0 Å². The van der Waals surface area contributed by atoms with E-state index < -0.39 is 0 Å². The van der Waals surface area contributed by atoms with Gasteiger partial charge in [0, 0.05) is 35.0 Å². The molecule has 4 rings (SSSR count). The van der Waals surface area contributed by atoms with Gasteiger partial charge in [-0.2, -0.15) is 0 Å². The molecule has 0 aliphatic carbocycles. The lowest BCUT2D eigenvalue weighted by Gasteiger charge is -2.19. The molecular weight excluding hydrogens is 308 g/mol. The number of fused-ring (bicyclic) bond motifs is 3. The number of aromatic amines is 1. The molecule has 0 spiro atoms. The summed E-state index contributed by atoms with van der Waals surface area (Å²) in [4.78, 5) is 27.6. The molecule has 24 heavy (non-hydrogen) atoms. The van der Waals surface area contributed by atoms with E-state index in [4.69, 9.17) is 4.52 Å². The van der Waals surface area contributed by atoms with Gasteiger partial charge >= 0.3 is 0 Å². The number of hydrogen-bond acceptors (Lipinski definition) is 4. The Labute approximate surface area is 137 Å². The molecule has 1 atom stereocenters. The number of nitrogens with zero attached hydrogens (tertiary/aromatic N) is 1. The van der Waals surface area contributed by atoms with Gasteiger partial charge in [0.05, 0.1) is 5.69 Å². The molecule has 3 aromatic rings. The molecule has 0 fully saturated rings. The number of carbonyl (C=O) groups excluding carboxylic acids is 2. The van der Waals surface area contributed by atoms with Crippen LogP contribution in [0.3, 0.4) is 0 Å². The van der Waals surface area contributed by atoms with E-state index in [1.54, 1.807) is 25.1 Å². The predicted molar refractivity (Wildman–Crippen MR) is 88.2 cm³/mol. The quantitative estimate of drug-likeness (QED) is 0.674. The molecule has 3 N–H and O–H groups in total. The van der Waals surface area contributed by atoms with Crippen LogP contribution < -0.4 is 10.6 Å². The third-order valence-corrected chi connectivity index (χ3v) is 4.25. The molecule has 3 heterocycles. The largest absolute Gasteiger partial charge is 0.350 e. The molecule has 0 saturated carbocycles. The van der Waals surface area contributed by atoms with E-state index in [9.17, 15) is 9.59 Å². The summed E-state index contributed by atoms with van der Waals surface area (Å²) in [6.45, 7) is 4.42. The standard InChI is InChI=1S/C17H16N4O3/c1-8-7-18-17(23)15-14(8)11-6-10(3-4-12(11)19-15)16(22)20-13-5-9(2)21-24-13/h3-6,8,19H,7H2,1-2H3,(H,18,23)(H,20,22). The number of aromatic nitrogens is 2. The molecule has 0 bridgehead atoms. The predicted octanol–water partition coefficient (Wildman–Crippen LogP) is 2.56. The number of amides is 2. The summed E-state index contributed by atoms with van der Waals surface area (Å²) in [5.74, 6) is 0.0986. The zero-order valence-corrected chi connectivity index (χ0v) is 13.3. The van der Waals surface area contributed by atoms with Crippen molar-refractivity contribution in [1.82, 2.24) is 15.5 Å². The number of aryl methyl sites for hydroxylation is 1. The summed E-state index contributed by atoms with van der Waals surface area (Å²) in [5, 5.41) is 10.2. The van der Waals surface area contributed by atoms with Crippen molar-refractivity contribution in [1.29, 1.82) is 0 Å². The van der Waals surface area contributed by atoms with Gasteiger partial charge in [-0.05, 0) is 30.7 Å². The van der Waals surface area contributed by atoms with E-state index in [-0.39, 0.29) is 17.7 Å². The lowest BCUT2D eigenvalue weighted by atomic mass is 9.93.